The fraction of sp³-hybridized carbons (Fsp3) is 0.0909. The van der Waals surface area contributed by atoms with E-state index >= 15 is 0 Å². The molecule has 0 fully saturated rings. The van der Waals surface area contributed by atoms with Gasteiger partial charge in [-0.1, -0.05) is 0 Å². The number of hydrogen-bond donors (Lipinski definition) is 1. The van der Waals surface area contributed by atoms with Gasteiger partial charge in [-0.2, -0.15) is 0 Å². The summed E-state index contributed by atoms with van der Waals surface area (Å²) < 4.78 is 14.2. The number of carbonyl (C=O) groups is 1. The highest BCUT2D eigenvalue weighted by atomic mass is 19.1. The largest absolute Gasteiger partial charge is 0.475 e. The van der Waals surface area contributed by atoms with Crippen LogP contribution in [0.2, 0.25) is 0 Å². The predicted octanol–water partition coefficient (Wildman–Crippen LogP) is 1.92. The minimum atomic E-state index is -1.09. The fourth-order valence-corrected chi connectivity index (χ4v) is 1.50. The minimum absolute atomic E-state index is 0.0423. The number of carboxylic acid groups (broad SMARTS) is 1. The molecule has 0 bridgehead atoms. The lowest BCUT2D eigenvalue weighted by atomic mass is 10.2. The van der Waals surface area contributed by atoms with E-state index in [0.29, 0.717) is 5.69 Å². The molecule has 5 heteroatoms. The molecule has 0 amide bonds. The van der Waals surface area contributed by atoms with Gasteiger partial charge in [0.25, 0.3) is 0 Å². The Morgan fingerprint density at radius 3 is 2.50 bits per heavy atom. The molecule has 1 aromatic heterocycles. The lowest BCUT2D eigenvalue weighted by Gasteiger charge is -2.03. The van der Waals surface area contributed by atoms with Crippen molar-refractivity contribution >= 4 is 5.97 Å². The number of halogens is 1. The Balaban J connectivity index is 2.49. The Bertz CT molecular complexity index is 531. The molecule has 82 valence electrons. The van der Waals surface area contributed by atoms with Gasteiger partial charge in [-0.3, -0.25) is 0 Å². The topological polar surface area (TPSA) is 55.1 Å². The molecular formula is C11H9FN2O2. The summed E-state index contributed by atoms with van der Waals surface area (Å²) in [6, 6.07) is 5.81. The standard InChI is InChI=1S/C11H9FN2O2/c1-14-9(6-13-10(14)11(15)16)7-2-4-8(12)5-3-7/h2-6H,1H3,(H,15,16). The van der Waals surface area contributed by atoms with Gasteiger partial charge in [-0.15, -0.1) is 0 Å². The van der Waals surface area contributed by atoms with Crippen LogP contribution in [0, 0.1) is 5.82 Å². The second-order valence-corrected chi connectivity index (χ2v) is 3.34. The molecule has 2 rings (SSSR count). The highest BCUT2D eigenvalue weighted by Gasteiger charge is 2.13. The highest BCUT2D eigenvalue weighted by Crippen LogP contribution is 2.19. The molecule has 1 aromatic carbocycles. The molecule has 0 aliphatic carbocycles. The summed E-state index contributed by atoms with van der Waals surface area (Å²) >= 11 is 0. The molecule has 0 unspecified atom stereocenters. The third kappa shape index (κ3) is 1.67. The summed E-state index contributed by atoms with van der Waals surface area (Å²) in [5, 5.41) is 8.83. The van der Waals surface area contributed by atoms with Crippen molar-refractivity contribution in [2.45, 2.75) is 0 Å². The Hall–Kier alpha value is -2.17. The van der Waals surface area contributed by atoms with Crippen LogP contribution < -0.4 is 0 Å². The Morgan fingerprint density at radius 1 is 1.38 bits per heavy atom. The first-order valence-corrected chi connectivity index (χ1v) is 4.60. The summed E-state index contributed by atoms with van der Waals surface area (Å²) in [4.78, 5) is 14.6. The SMILES string of the molecule is Cn1c(-c2ccc(F)cc2)cnc1C(=O)O. The van der Waals surface area contributed by atoms with Crippen molar-refractivity contribution in [3.8, 4) is 11.3 Å². The van der Waals surface area contributed by atoms with Gasteiger partial charge in [0.1, 0.15) is 5.82 Å². The fourth-order valence-electron chi connectivity index (χ4n) is 1.50. The minimum Gasteiger partial charge on any atom is -0.475 e. The first kappa shape index (κ1) is 10.4. The van der Waals surface area contributed by atoms with E-state index in [0.717, 1.165) is 5.56 Å². The number of benzene rings is 1. The Labute approximate surface area is 91.0 Å². The van der Waals surface area contributed by atoms with Crippen molar-refractivity contribution in [3.05, 3.63) is 42.1 Å². The molecule has 0 spiro atoms. The van der Waals surface area contributed by atoms with Gasteiger partial charge in [0.05, 0.1) is 11.9 Å². The molecule has 0 radical (unpaired) electrons. The molecule has 0 saturated heterocycles. The van der Waals surface area contributed by atoms with Crippen molar-refractivity contribution < 1.29 is 14.3 Å². The van der Waals surface area contributed by atoms with Crippen LogP contribution in [-0.4, -0.2) is 20.6 Å². The zero-order valence-electron chi connectivity index (χ0n) is 8.51. The number of hydrogen-bond acceptors (Lipinski definition) is 2. The monoisotopic (exact) mass is 220 g/mol. The number of nitrogens with zero attached hydrogens (tertiary/aromatic N) is 2. The van der Waals surface area contributed by atoms with Crippen molar-refractivity contribution in [1.82, 2.24) is 9.55 Å². The molecule has 1 N–H and O–H groups in total. The molecule has 2 aromatic rings. The predicted molar refractivity (Wildman–Crippen MR) is 55.6 cm³/mol. The zero-order valence-corrected chi connectivity index (χ0v) is 8.51. The van der Waals surface area contributed by atoms with Gasteiger partial charge in [0.2, 0.25) is 5.82 Å². The normalized spacial score (nSPS) is 10.4. The maximum atomic E-state index is 12.7. The van der Waals surface area contributed by atoms with Gasteiger partial charge in [0, 0.05) is 7.05 Å². The molecule has 16 heavy (non-hydrogen) atoms. The average Bonchev–Trinajstić information content (AvgIpc) is 2.61. The molecule has 0 aliphatic rings. The van der Waals surface area contributed by atoms with Crippen LogP contribution in [0.3, 0.4) is 0 Å². The lowest BCUT2D eigenvalue weighted by molar-refractivity contribution is 0.0680. The van der Waals surface area contributed by atoms with Crippen molar-refractivity contribution in [2.24, 2.45) is 7.05 Å². The smallest absolute Gasteiger partial charge is 0.372 e. The van der Waals surface area contributed by atoms with E-state index in [1.54, 1.807) is 19.2 Å². The third-order valence-corrected chi connectivity index (χ3v) is 2.32. The molecular weight excluding hydrogens is 211 g/mol. The summed E-state index contributed by atoms with van der Waals surface area (Å²) in [5.41, 5.74) is 1.36. The number of rotatable bonds is 2. The number of aromatic carboxylic acids is 1. The van der Waals surface area contributed by atoms with Crippen molar-refractivity contribution in [1.29, 1.82) is 0 Å². The first-order valence-electron chi connectivity index (χ1n) is 4.60. The maximum Gasteiger partial charge on any atom is 0.372 e. The maximum absolute atomic E-state index is 12.7. The van der Waals surface area contributed by atoms with Gasteiger partial charge in [0.15, 0.2) is 0 Å². The van der Waals surface area contributed by atoms with Crippen molar-refractivity contribution in [3.63, 3.8) is 0 Å². The average molecular weight is 220 g/mol. The second kappa shape index (κ2) is 3.77. The zero-order chi connectivity index (χ0) is 11.7. The Kier molecular flexibility index (Phi) is 2.44. The van der Waals surface area contributed by atoms with Gasteiger partial charge >= 0.3 is 5.97 Å². The van der Waals surface area contributed by atoms with Crippen LogP contribution in [0.25, 0.3) is 11.3 Å². The number of aromatic nitrogens is 2. The van der Waals surface area contributed by atoms with Crippen LogP contribution in [0.4, 0.5) is 4.39 Å². The highest BCUT2D eigenvalue weighted by molar-refractivity contribution is 5.84. The number of carboxylic acids is 1. The summed E-state index contributed by atoms with van der Waals surface area (Å²) in [6.07, 6.45) is 1.46. The molecule has 0 saturated carbocycles. The molecule has 1 heterocycles. The molecule has 4 nitrogen and oxygen atoms in total. The van der Waals surface area contributed by atoms with E-state index in [1.807, 2.05) is 0 Å². The van der Waals surface area contributed by atoms with Gasteiger partial charge in [-0.25, -0.2) is 14.2 Å². The summed E-state index contributed by atoms with van der Waals surface area (Å²) in [7, 11) is 1.61. The summed E-state index contributed by atoms with van der Waals surface area (Å²) in [5.74, 6) is -1.46. The van der Waals surface area contributed by atoms with Crippen LogP contribution in [0.1, 0.15) is 10.6 Å². The van der Waals surface area contributed by atoms with E-state index in [9.17, 15) is 9.18 Å². The second-order valence-electron chi connectivity index (χ2n) is 3.34. The van der Waals surface area contributed by atoms with Crippen molar-refractivity contribution in [2.75, 3.05) is 0 Å². The molecule has 0 atom stereocenters. The third-order valence-electron chi connectivity index (χ3n) is 2.32. The van der Waals surface area contributed by atoms with E-state index < -0.39 is 5.97 Å². The van der Waals surface area contributed by atoms with E-state index in [-0.39, 0.29) is 11.6 Å². The first-order chi connectivity index (χ1) is 7.59. The number of imidazole rings is 1. The van der Waals surface area contributed by atoms with E-state index in [4.69, 9.17) is 5.11 Å². The Morgan fingerprint density at radius 2 is 2.00 bits per heavy atom. The van der Waals surface area contributed by atoms with E-state index in [1.165, 1.54) is 22.9 Å². The van der Waals surface area contributed by atoms with Crippen LogP contribution in [0.15, 0.2) is 30.5 Å². The van der Waals surface area contributed by atoms with E-state index in [2.05, 4.69) is 4.98 Å². The van der Waals surface area contributed by atoms with Crippen LogP contribution >= 0.6 is 0 Å². The van der Waals surface area contributed by atoms with Gasteiger partial charge in [-0.05, 0) is 29.8 Å². The lowest BCUT2D eigenvalue weighted by Crippen LogP contribution is -2.06. The van der Waals surface area contributed by atoms with Crippen LogP contribution in [0.5, 0.6) is 0 Å². The molecule has 0 aliphatic heterocycles. The van der Waals surface area contributed by atoms with Crippen LogP contribution in [-0.2, 0) is 7.05 Å². The summed E-state index contributed by atoms with van der Waals surface area (Å²) in [6.45, 7) is 0. The van der Waals surface area contributed by atoms with Gasteiger partial charge < -0.3 is 9.67 Å². The quantitative estimate of drug-likeness (QED) is 0.841.